The topological polar surface area (TPSA) is 63.9 Å². The van der Waals surface area contributed by atoms with Gasteiger partial charge in [0.15, 0.2) is 0 Å². The zero-order valence-electron chi connectivity index (χ0n) is 21.1. The summed E-state index contributed by atoms with van der Waals surface area (Å²) in [6, 6.07) is 13.1. The Hall–Kier alpha value is -2.97. The fourth-order valence-electron chi connectivity index (χ4n) is 3.94. The van der Waals surface area contributed by atoms with Gasteiger partial charge < -0.3 is 4.74 Å². The zero-order chi connectivity index (χ0) is 25.9. The van der Waals surface area contributed by atoms with Crippen LogP contribution in [0.1, 0.15) is 64.5 Å². The first kappa shape index (κ1) is 26.1. The number of thioether (sulfide) groups is 1. The van der Waals surface area contributed by atoms with E-state index in [1.54, 1.807) is 29.3 Å². The Kier molecular flexibility index (Phi) is 7.95. The van der Waals surface area contributed by atoms with Crippen molar-refractivity contribution in [3.05, 3.63) is 75.0 Å². The van der Waals surface area contributed by atoms with E-state index in [9.17, 15) is 9.59 Å². The van der Waals surface area contributed by atoms with Crippen LogP contribution in [0.25, 0.3) is 11.7 Å². The molecule has 0 N–H and O–H groups in total. The Morgan fingerprint density at radius 2 is 1.81 bits per heavy atom. The average Bonchev–Trinajstić information content (AvgIpc) is 3.11. The van der Waals surface area contributed by atoms with Crippen LogP contribution in [-0.2, 0) is 10.2 Å². The SMILES string of the molecule is CCCCCCN1C(=O)C(=Cc2c(Oc3ccc(C(C)(C)C)cc3)nc3ccccn3c2=O)SC1=S. The van der Waals surface area contributed by atoms with Gasteiger partial charge in [-0.3, -0.25) is 18.9 Å². The highest BCUT2D eigenvalue weighted by Gasteiger charge is 2.32. The van der Waals surface area contributed by atoms with Crippen LogP contribution in [0.2, 0.25) is 0 Å². The molecular formula is C28H31N3O3S2. The maximum Gasteiger partial charge on any atom is 0.269 e. The lowest BCUT2D eigenvalue weighted by Crippen LogP contribution is -2.29. The number of carbonyl (C=O) groups is 1. The van der Waals surface area contributed by atoms with Gasteiger partial charge in [-0.15, -0.1) is 0 Å². The van der Waals surface area contributed by atoms with Gasteiger partial charge in [-0.05, 0) is 47.7 Å². The minimum Gasteiger partial charge on any atom is -0.438 e. The second kappa shape index (κ2) is 11.0. The summed E-state index contributed by atoms with van der Waals surface area (Å²) in [5.74, 6) is 0.538. The smallest absolute Gasteiger partial charge is 0.269 e. The summed E-state index contributed by atoms with van der Waals surface area (Å²) in [7, 11) is 0. The van der Waals surface area contributed by atoms with E-state index < -0.39 is 0 Å². The third-order valence-electron chi connectivity index (χ3n) is 6.05. The van der Waals surface area contributed by atoms with E-state index in [1.165, 1.54) is 21.7 Å². The van der Waals surface area contributed by atoms with Gasteiger partial charge in [0.25, 0.3) is 11.5 Å². The molecule has 1 fully saturated rings. The maximum absolute atomic E-state index is 13.5. The first-order valence-electron chi connectivity index (χ1n) is 12.2. The number of unbranched alkanes of at least 4 members (excludes halogenated alkanes) is 3. The van der Waals surface area contributed by atoms with Gasteiger partial charge >= 0.3 is 0 Å². The van der Waals surface area contributed by atoms with E-state index in [0.29, 0.717) is 27.2 Å². The third kappa shape index (κ3) is 5.71. The van der Waals surface area contributed by atoms with Crippen LogP contribution in [0.4, 0.5) is 0 Å². The number of rotatable bonds is 8. The summed E-state index contributed by atoms with van der Waals surface area (Å²) in [6.07, 6.45) is 7.42. The molecule has 4 rings (SSSR count). The number of hydrogen-bond donors (Lipinski definition) is 0. The first-order valence-corrected chi connectivity index (χ1v) is 13.5. The number of hydrogen-bond acceptors (Lipinski definition) is 6. The number of benzene rings is 1. The number of amides is 1. The highest BCUT2D eigenvalue weighted by atomic mass is 32.2. The number of aromatic nitrogens is 2. The molecule has 3 aromatic rings. The third-order valence-corrected chi connectivity index (χ3v) is 7.43. The molecule has 0 radical (unpaired) electrons. The van der Waals surface area contributed by atoms with Crippen LogP contribution in [0, 0.1) is 0 Å². The molecule has 2 aromatic heterocycles. The van der Waals surface area contributed by atoms with E-state index in [2.05, 4.69) is 32.7 Å². The predicted octanol–water partition coefficient (Wildman–Crippen LogP) is 6.57. The van der Waals surface area contributed by atoms with Gasteiger partial charge in [0.2, 0.25) is 5.88 Å². The van der Waals surface area contributed by atoms with Crippen molar-refractivity contribution < 1.29 is 9.53 Å². The fourth-order valence-corrected chi connectivity index (χ4v) is 5.23. The molecule has 0 bridgehead atoms. The second-order valence-electron chi connectivity index (χ2n) is 9.84. The van der Waals surface area contributed by atoms with Gasteiger partial charge in [0.1, 0.15) is 21.3 Å². The lowest BCUT2D eigenvalue weighted by molar-refractivity contribution is -0.122. The molecule has 3 heterocycles. The van der Waals surface area contributed by atoms with Gasteiger partial charge in [-0.1, -0.05) is 89.1 Å². The molecule has 1 amide bonds. The molecular weight excluding hydrogens is 490 g/mol. The monoisotopic (exact) mass is 521 g/mol. The van der Waals surface area contributed by atoms with Crippen LogP contribution in [0.15, 0.2) is 58.4 Å². The largest absolute Gasteiger partial charge is 0.438 e. The van der Waals surface area contributed by atoms with Crippen LogP contribution < -0.4 is 10.3 Å². The summed E-state index contributed by atoms with van der Waals surface area (Å²) >= 11 is 6.69. The van der Waals surface area contributed by atoms with Crippen LogP contribution >= 0.6 is 24.0 Å². The lowest BCUT2D eigenvalue weighted by atomic mass is 9.87. The van der Waals surface area contributed by atoms with Crippen LogP contribution in [0.3, 0.4) is 0 Å². The minimum atomic E-state index is -0.310. The van der Waals surface area contributed by atoms with Crippen molar-refractivity contribution in [2.45, 2.75) is 58.8 Å². The van der Waals surface area contributed by atoms with Gasteiger partial charge in [-0.25, -0.2) is 0 Å². The molecule has 1 aliphatic rings. The molecule has 1 aliphatic heterocycles. The van der Waals surface area contributed by atoms with Crippen molar-refractivity contribution in [3.8, 4) is 11.6 Å². The average molecular weight is 522 g/mol. The number of pyridine rings is 1. The van der Waals surface area contributed by atoms with E-state index in [0.717, 1.165) is 25.7 Å². The molecule has 0 atom stereocenters. The summed E-state index contributed by atoms with van der Waals surface area (Å²) in [6.45, 7) is 9.17. The van der Waals surface area contributed by atoms with Crippen LogP contribution in [-0.4, -0.2) is 31.1 Å². The van der Waals surface area contributed by atoms with E-state index in [-0.39, 0.29) is 28.3 Å². The minimum absolute atomic E-state index is 0.00895. The van der Waals surface area contributed by atoms with Crippen molar-refractivity contribution in [1.29, 1.82) is 0 Å². The molecule has 0 spiro atoms. The molecule has 6 nitrogen and oxygen atoms in total. The van der Waals surface area contributed by atoms with Crippen molar-refractivity contribution in [2.24, 2.45) is 0 Å². The molecule has 0 saturated carbocycles. The van der Waals surface area contributed by atoms with E-state index in [4.69, 9.17) is 17.0 Å². The number of fused-ring (bicyclic) bond motifs is 1. The Morgan fingerprint density at radius 3 is 2.50 bits per heavy atom. The maximum atomic E-state index is 13.5. The molecule has 0 aliphatic carbocycles. The Bertz CT molecular complexity index is 1370. The Morgan fingerprint density at radius 1 is 1.06 bits per heavy atom. The molecule has 1 saturated heterocycles. The fraction of sp³-hybridized carbons (Fsp3) is 0.357. The highest BCUT2D eigenvalue weighted by Crippen LogP contribution is 2.34. The number of ether oxygens (including phenoxy) is 1. The molecule has 188 valence electrons. The summed E-state index contributed by atoms with van der Waals surface area (Å²) in [5.41, 5.74) is 1.54. The van der Waals surface area contributed by atoms with Crippen molar-refractivity contribution in [1.82, 2.24) is 14.3 Å². The quantitative estimate of drug-likeness (QED) is 0.190. The molecule has 1 aromatic carbocycles. The molecule has 0 unspecified atom stereocenters. The Labute approximate surface area is 221 Å². The highest BCUT2D eigenvalue weighted by molar-refractivity contribution is 8.26. The van der Waals surface area contributed by atoms with Gasteiger partial charge in [0.05, 0.1) is 4.91 Å². The number of nitrogens with zero attached hydrogens (tertiary/aromatic N) is 3. The standard InChI is InChI=1S/C28H31N3O3S2/c1-5-6-7-9-17-31-26(33)22(36-27(31)35)18-21-24(29-23-11-8-10-16-30(23)25(21)32)34-20-14-12-19(13-15-20)28(2,3)4/h8,10-16,18H,5-7,9,17H2,1-4H3. The summed E-state index contributed by atoms with van der Waals surface area (Å²) < 4.78 is 8.08. The predicted molar refractivity (Wildman–Crippen MR) is 151 cm³/mol. The van der Waals surface area contributed by atoms with Crippen molar-refractivity contribution in [3.63, 3.8) is 0 Å². The first-order chi connectivity index (χ1) is 17.2. The van der Waals surface area contributed by atoms with Crippen molar-refractivity contribution >= 4 is 45.9 Å². The van der Waals surface area contributed by atoms with E-state index in [1.807, 2.05) is 30.3 Å². The van der Waals surface area contributed by atoms with Crippen molar-refractivity contribution in [2.75, 3.05) is 6.54 Å². The normalized spacial score (nSPS) is 15.3. The molecule has 8 heteroatoms. The zero-order valence-corrected chi connectivity index (χ0v) is 22.7. The summed E-state index contributed by atoms with van der Waals surface area (Å²) in [5, 5.41) is 0. The van der Waals surface area contributed by atoms with Crippen LogP contribution in [0.5, 0.6) is 11.6 Å². The van der Waals surface area contributed by atoms with E-state index >= 15 is 0 Å². The second-order valence-corrected chi connectivity index (χ2v) is 11.5. The number of thiocarbonyl (C=S) groups is 1. The molecule has 36 heavy (non-hydrogen) atoms. The lowest BCUT2D eigenvalue weighted by Gasteiger charge is -2.19. The van der Waals surface area contributed by atoms with Gasteiger partial charge in [-0.2, -0.15) is 4.98 Å². The summed E-state index contributed by atoms with van der Waals surface area (Å²) in [4.78, 5) is 33.2. The Balaban J connectivity index is 1.70. The number of carbonyl (C=O) groups excluding carboxylic acids is 1. The van der Waals surface area contributed by atoms with Gasteiger partial charge in [0, 0.05) is 12.7 Å².